The minimum Gasteiger partial charge on any atom is -0.290 e. The van der Waals surface area contributed by atoms with Crippen LogP contribution in [0.1, 0.15) is 15.9 Å². The summed E-state index contributed by atoms with van der Waals surface area (Å²) in [6, 6.07) is 7.20. The van der Waals surface area contributed by atoms with Crippen LogP contribution < -0.4 is 11.3 Å². The van der Waals surface area contributed by atoms with Crippen LogP contribution in [-0.2, 0) is 0 Å². The predicted molar refractivity (Wildman–Crippen MR) is 54.1 cm³/mol. The topological polar surface area (TPSA) is 55.1 Å². The number of benzene rings is 1. The lowest BCUT2D eigenvalue weighted by Crippen LogP contribution is -2.29. The van der Waals surface area contributed by atoms with Crippen molar-refractivity contribution in [3.8, 4) is 0 Å². The number of carbonyl (C=O) groups is 1. The highest BCUT2D eigenvalue weighted by Crippen LogP contribution is 2.01. The number of nitrogens with two attached hydrogens (primary N) is 1. The molecule has 0 fully saturated rings. The molecule has 70 valence electrons. The van der Waals surface area contributed by atoms with Crippen LogP contribution in [0.3, 0.4) is 0 Å². The molecule has 1 amide bonds. The van der Waals surface area contributed by atoms with Crippen LogP contribution in [0, 0.1) is 6.92 Å². The van der Waals surface area contributed by atoms with E-state index in [0.29, 0.717) is 5.56 Å². The van der Waals surface area contributed by atoms with Gasteiger partial charge in [-0.2, -0.15) is 0 Å². The zero-order chi connectivity index (χ0) is 10.3. The molecule has 3 nitrogen and oxygen atoms in total. The summed E-state index contributed by atoms with van der Waals surface area (Å²) in [5.74, 6) is 4.68. The molecule has 1 aromatic rings. The molecule has 0 saturated heterocycles. The first-order chi connectivity index (χ1) is 6.24. The van der Waals surface area contributed by atoms with Gasteiger partial charge in [-0.05, 0) is 19.1 Å². The maximum atomic E-state index is 10.9. The van der Waals surface area contributed by atoms with Crippen molar-refractivity contribution in [1.82, 2.24) is 5.43 Å². The Balaban J connectivity index is 0.000000671. The molecule has 0 radical (unpaired) electrons. The first kappa shape index (κ1) is 11.4. The van der Waals surface area contributed by atoms with Crippen molar-refractivity contribution in [2.24, 2.45) is 5.84 Å². The Morgan fingerprint density at radius 3 is 2.15 bits per heavy atom. The van der Waals surface area contributed by atoms with Crippen molar-refractivity contribution >= 4 is 5.91 Å². The number of carbonyl (C=O) groups excluding carboxylic acids is 1. The van der Waals surface area contributed by atoms with Gasteiger partial charge in [0.15, 0.2) is 0 Å². The fraction of sp³-hybridized carbons (Fsp3) is 0.100. The maximum Gasteiger partial charge on any atom is 0.265 e. The zero-order valence-corrected chi connectivity index (χ0v) is 7.71. The summed E-state index contributed by atoms with van der Waals surface area (Å²) in [5.41, 5.74) is 3.77. The number of nitrogen functional groups attached to an aromatic ring is 1. The second-order valence-electron chi connectivity index (χ2n) is 2.34. The molecule has 0 unspecified atom stereocenters. The Morgan fingerprint density at radius 2 is 1.77 bits per heavy atom. The van der Waals surface area contributed by atoms with E-state index in [1.165, 1.54) is 0 Å². The van der Waals surface area contributed by atoms with E-state index in [9.17, 15) is 4.79 Å². The predicted octanol–water partition coefficient (Wildman–Crippen LogP) is 1.40. The van der Waals surface area contributed by atoms with E-state index in [0.717, 1.165) is 5.56 Å². The van der Waals surface area contributed by atoms with Crippen LogP contribution in [0.2, 0.25) is 0 Å². The molecule has 0 saturated carbocycles. The molecule has 0 bridgehead atoms. The highest BCUT2D eigenvalue weighted by Gasteiger charge is 1.99. The molecule has 1 rings (SSSR count). The third kappa shape index (κ3) is 3.53. The summed E-state index contributed by atoms with van der Waals surface area (Å²) >= 11 is 0. The number of hydrogen-bond acceptors (Lipinski definition) is 2. The monoisotopic (exact) mass is 178 g/mol. The van der Waals surface area contributed by atoms with Crippen molar-refractivity contribution < 1.29 is 4.79 Å². The number of rotatable bonds is 1. The van der Waals surface area contributed by atoms with Gasteiger partial charge in [-0.15, -0.1) is 13.2 Å². The molecule has 1 aromatic carbocycles. The van der Waals surface area contributed by atoms with E-state index in [1.54, 1.807) is 12.1 Å². The van der Waals surface area contributed by atoms with Gasteiger partial charge < -0.3 is 0 Å². The smallest absolute Gasteiger partial charge is 0.265 e. The number of amides is 1. The molecule has 3 heteroatoms. The second-order valence-corrected chi connectivity index (χ2v) is 2.34. The molecule has 13 heavy (non-hydrogen) atoms. The number of aryl methyl sites for hydroxylation is 1. The van der Waals surface area contributed by atoms with Crippen LogP contribution >= 0.6 is 0 Å². The van der Waals surface area contributed by atoms with Crippen molar-refractivity contribution in [2.45, 2.75) is 6.92 Å². The SMILES string of the molecule is C=C.Cc1ccc(C(=O)NN)cc1. The summed E-state index contributed by atoms with van der Waals surface area (Å²) in [7, 11) is 0. The van der Waals surface area contributed by atoms with Crippen LogP contribution in [0.25, 0.3) is 0 Å². The summed E-state index contributed by atoms with van der Waals surface area (Å²) in [4.78, 5) is 10.9. The van der Waals surface area contributed by atoms with E-state index in [1.807, 2.05) is 19.1 Å². The molecular weight excluding hydrogens is 164 g/mol. The minimum atomic E-state index is -0.259. The average Bonchev–Trinajstić information content (AvgIpc) is 2.21. The lowest BCUT2D eigenvalue weighted by Gasteiger charge is -1.98. The third-order valence-electron chi connectivity index (χ3n) is 1.44. The molecule has 0 atom stereocenters. The first-order valence-electron chi connectivity index (χ1n) is 3.81. The first-order valence-corrected chi connectivity index (χ1v) is 3.81. The van der Waals surface area contributed by atoms with Crippen molar-refractivity contribution in [2.75, 3.05) is 0 Å². The molecule has 0 aliphatic rings. The van der Waals surface area contributed by atoms with Crippen LogP contribution in [0.15, 0.2) is 37.4 Å². The summed E-state index contributed by atoms with van der Waals surface area (Å²) in [6.07, 6.45) is 0. The second kappa shape index (κ2) is 5.97. The highest BCUT2D eigenvalue weighted by atomic mass is 16.2. The van der Waals surface area contributed by atoms with Gasteiger partial charge in [0, 0.05) is 5.56 Å². The van der Waals surface area contributed by atoms with E-state index in [4.69, 9.17) is 5.84 Å². The van der Waals surface area contributed by atoms with Gasteiger partial charge >= 0.3 is 0 Å². The fourth-order valence-electron chi connectivity index (χ4n) is 0.788. The molecule has 0 spiro atoms. The average molecular weight is 178 g/mol. The molecule has 0 aromatic heterocycles. The summed E-state index contributed by atoms with van der Waals surface area (Å²) < 4.78 is 0. The summed E-state index contributed by atoms with van der Waals surface area (Å²) in [5, 5.41) is 0. The Morgan fingerprint density at radius 1 is 1.31 bits per heavy atom. The van der Waals surface area contributed by atoms with Crippen LogP contribution in [0.5, 0.6) is 0 Å². The quantitative estimate of drug-likeness (QED) is 0.295. The van der Waals surface area contributed by atoms with Crippen molar-refractivity contribution in [1.29, 1.82) is 0 Å². The van der Waals surface area contributed by atoms with E-state index >= 15 is 0 Å². The Hall–Kier alpha value is -1.61. The number of nitrogens with one attached hydrogen (secondary N) is 1. The van der Waals surface area contributed by atoms with Gasteiger partial charge in [-0.25, -0.2) is 5.84 Å². The minimum absolute atomic E-state index is 0.259. The van der Waals surface area contributed by atoms with Crippen molar-refractivity contribution in [3.63, 3.8) is 0 Å². The lowest BCUT2D eigenvalue weighted by atomic mass is 10.1. The van der Waals surface area contributed by atoms with Crippen LogP contribution in [-0.4, -0.2) is 5.91 Å². The fourth-order valence-corrected chi connectivity index (χ4v) is 0.788. The van der Waals surface area contributed by atoms with E-state index < -0.39 is 0 Å². The Kier molecular flexibility index (Phi) is 5.23. The molecule has 0 aliphatic carbocycles. The summed E-state index contributed by atoms with van der Waals surface area (Å²) in [6.45, 7) is 7.96. The van der Waals surface area contributed by atoms with Gasteiger partial charge in [0.25, 0.3) is 5.91 Å². The highest BCUT2D eigenvalue weighted by molar-refractivity contribution is 5.93. The van der Waals surface area contributed by atoms with Gasteiger partial charge in [-0.3, -0.25) is 10.2 Å². The Bertz CT molecular complexity index is 267. The molecule has 0 heterocycles. The largest absolute Gasteiger partial charge is 0.290 e. The Labute approximate surface area is 78.2 Å². The standard InChI is InChI=1S/C8H10N2O.C2H4/c1-6-2-4-7(5-3-6)8(11)10-9;1-2/h2-5H,9H2,1H3,(H,10,11);1-2H2. The zero-order valence-electron chi connectivity index (χ0n) is 7.71. The van der Waals surface area contributed by atoms with Gasteiger partial charge in [0.1, 0.15) is 0 Å². The van der Waals surface area contributed by atoms with Crippen molar-refractivity contribution in [3.05, 3.63) is 48.6 Å². The van der Waals surface area contributed by atoms with Gasteiger partial charge in [0.05, 0.1) is 0 Å². The maximum absolute atomic E-state index is 10.9. The number of hydrazine groups is 1. The van der Waals surface area contributed by atoms with E-state index in [-0.39, 0.29) is 5.91 Å². The normalized spacial score (nSPS) is 8.15. The van der Waals surface area contributed by atoms with Crippen LogP contribution in [0.4, 0.5) is 0 Å². The third-order valence-corrected chi connectivity index (χ3v) is 1.44. The molecular formula is C10H14N2O. The van der Waals surface area contributed by atoms with Gasteiger partial charge in [0.2, 0.25) is 0 Å². The van der Waals surface area contributed by atoms with Gasteiger partial charge in [-0.1, -0.05) is 17.7 Å². The lowest BCUT2D eigenvalue weighted by molar-refractivity contribution is 0.0953. The molecule has 3 N–H and O–H groups in total. The molecule has 0 aliphatic heterocycles. The van der Waals surface area contributed by atoms with E-state index in [2.05, 4.69) is 18.6 Å². The number of hydrogen-bond donors (Lipinski definition) is 2.